The Balaban J connectivity index is 0.00000442. The van der Waals surface area contributed by atoms with Gasteiger partial charge < -0.3 is 25.2 Å². The molecular weight excluding hydrogens is 646 g/mol. The molecule has 3 amide bonds. The van der Waals surface area contributed by atoms with Gasteiger partial charge in [0.2, 0.25) is 5.91 Å². The predicted molar refractivity (Wildman–Crippen MR) is 176 cm³/mol. The van der Waals surface area contributed by atoms with Crippen LogP contribution in [0.15, 0.2) is 83.3 Å². The van der Waals surface area contributed by atoms with Crippen LogP contribution in [0.1, 0.15) is 28.4 Å². The van der Waals surface area contributed by atoms with Gasteiger partial charge in [-0.3, -0.25) is 14.4 Å². The molecule has 0 bridgehead atoms. The molecule has 2 N–H and O–H groups in total. The Morgan fingerprint density at radius 2 is 1.77 bits per heavy atom. The van der Waals surface area contributed by atoms with Crippen molar-refractivity contribution < 1.29 is 19.1 Å². The minimum Gasteiger partial charge on any atom is -0.496 e. The fourth-order valence-corrected chi connectivity index (χ4v) is 5.63. The van der Waals surface area contributed by atoms with Gasteiger partial charge in [-0.2, -0.15) is 5.26 Å². The highest BCUT2D eigenvalue weighted by atomic mass is 79.9. The number of halogens is 2. The van der Waals surface area contributed by atoms with Crippen molar-refractivity contribution in [2.75, 3.05) is 30.5 Å². The van der Waals surface area contributed by atoms with Crippen LogP contribution >= 0.6 is 28.3 Å². The van der Waals surface area contributed by atoms with E-state index in [0.29, 0.717) is 17.1 Å². The monoisotopic (exact) mass is 675 g/mol. The largest absolute Gasteiger partial charge is 0.496 e. The lowest BCUT2D eigenvalue weighted by molar-refractivity contribution is -0.128. The molecule has 0 aliphatic carbocycles. The molecule has 4 aromatic carbocycles. The summed E-state index contributed by atoms with van der Waals surface area (Å²) in [6, 6.07) is 23.8. The Bertz CT molecular complexity index is 1780. The third-order valence-corrected chi connectivity index (χ3v) is 8.14. The number of nitriles is 1. The summed E-state index contributed by atoms with van der Waals surface area (Å²) in [7, 11) is 3.23. The van der Waals surface area contributed by atoms with Gasteiger partial charge in [0.1, 0.15) is 11.8 Å². The van der Waals surface area contributed by atoms with Crippen LogP contribution in [0.25, 0.3) is 10.8 Å². The van der Waals surface area contributed by atoms with E-state index in [9.17, 15) is 19.6 Å². The van der Waals surface area contributed by atoms with Crippen LogP contribution in [0.4, 0.5) is 11.4 Å². The number of hydrogen-bond donors (Lipinski definition) is 2. The molecule has 0 unspecified atom stereocenters. The zero-order valence-corrected chi connectivity index (χ0v) is 26.7. The summed E-state index contributed by atoms with van der Waals surface area (Å²) in [6.07, 6.45) is 0. The number of rotatable bonds is 7. The molecule has 9 nitrogen and oxygen atoms in total. The molecule has 4 aromatic rings. The minimum atomic E-state index is -1.08. The first kappa shape index (κ1) is 32.5. The lowest BCUT2D eigenvalue weighted by atomic mass is 10.0. The van der Waals surface area contributed by atoms with E-state index >= 15 is 0 Å². The van der Waals surface area contributed by atoms with E-state index in [2.05, 4.69) is 32.6 Å². The highest BCUT2D eigenvalue weighted by Gasteiger charge is 2.38. The van der Waals surface area contributed by atoms with Crippen molar-refractivity contribution in [1.82, 2.24) is 10.6 Å². The number of fused-ring (bicyclic) bond motifs is 2. The number of carbonyl (C=O) groups excluding carboxylic acids is 3. The maximum atomic E-state index is 14.4. The highest BCUT2D eigenvalue weighted by Crippen LogP contribution is 2.38. The van der Waals surface area contributed by atoms with Crippen LogP contribution in [-0.2, 0) is 16.1 Å². The number of amides is 3. The second-order valence-corrected chi connectivity index (χ2v) is 11.1. The molecular formula is C33H31BrClN5O4. The summed E-state index contributed by atoms with van der Waals surface area (Å²) >= 11 is 3.53. The van der Waals surface area contributed by atoms with E-state index < -0.39 is 18.0 Å². The van der Waals surface area contributed by atoms with E-state index in [1.807, 2.05) is 30.3 Å². The molecule has 11 heteroatoms. The number of nitrogens with one attached hydrogen (secondary N) is 2. The van der Waals surface area contributed by atoms with Gasteiger partial charge in [-0.05, 0) is 67.2 Å². The molecule has 1 heterocycles. The summed E-state index contributed by atoms with van der Waals surface area (Å²) < 4.78 is 6.65. The van der Waals surface area contributed by atoms with Crippen molar-refractivity contribution >= 4 is 68.2 Å². The molecule has 0 radical (unpaired) electrons. The third-order valence-electron chi connectivity index (χ3n) is 7.65. The van der Waals surface area contributed by atoms with Gasteiger partial charge in [0.15, 0.2) is 0 Å². The van der Waals surface area contributed by atoms with Gasteiger partial charge in [-0.25, -0.2) is 0 Å². The quantitative estimate of drug-likeness (QED) is 0.279. The topological polar surface area (TPSA) is 115 Å². The van der Waals surface area contributed by atoms with E-state index in [0.717, 1.165) is 20.8 Å². The zero-order valence-electron chi connectivity index (χ0n) is 24.3. The molecule has 1 aliphatic rings. The van der Waals surface area contributed by atoms with Crippen molar-refractivity contribution in [2.45, 2.75) is 25.6 Å². The summed E-state index contributed by atoms with van der Waals surface area (Å²) in [5.41, 5.74) is 2.17. The van der Waals surface area contributed by atoms with E-state index in [-0.39, 0.29) is 48.4 Å². The van der Waals surface area contributed by atoms with Crippen LogP contribution in [0, 0.1) is 11.3 Å². The molecule has 0 fully saturated rings. The Kier molecular flexibility index (Phi) is 10.3. The first-order valence-corrected chi connectivity index (χ1v) is 14.5. The van der Waals surface area contributed by atoms with Gasteiger partial charge in [-0.15, -0.1) is 12.4 Å². The maximum Gasteiger partial charge on any atom is 0.259 e. The number of hydrogen-bond acceptors (Lipinski definition) is 6. The van der Waals surface area contributed by atoms with E-state index in [1.54, 1.807) is 74.5 Å². The van der Waals surface area contributed by atoms with Crippen LogP contribution in [-0.4, -0.2) is 50.5 Å². The number of anilines is 2. The van der Waals surface area contributed by atoms with Crippen LogP contribution in [0.2, 0.25) is 0 Å². The van der Waals surface area contributed by atoms with Crippen LogP contribution in [0.5, 0.6) is 5.75 Å². The van der Waals surface area contributed by atoms with Gasteiger partial charge in [-0.1, -0.05) is 52.3 Å². The fraction of sp³-hybridized carbons (Fsp3) is 0.212. The summed E-state index contributed by atoms with van der Waals surface area (Å²) in [6.45, 7) is 1.67. The average molecular weight is 677 g/mol. The normalized spacial score (nSPS) is 15.0. The zero-order chi connectivity index (χ0) is 30.7. The summed E-state index contributed by atoms with van der Waals surface area (Å²) in [4.78, 5) is 44.7. The first-order chi connectivity index (χ1) is 20.8. The maximum absolute atomic E-state index is 14.4. The molecule has 2 atom stereocenters. The Morgan fingerprint density at radius 3 is 2.48 bits per heavy atom. The van der Waals surface area contributed by atoms with Gasteiger partial charge in [0, 0.05) is 10.0 Å². The molecule has 44 heavy (non-hydrogen) atoms. The second-order valence-electron chi connectivity index (χ2n) is 10.2. The molecule has 0 saturated heterocycles. The Morgan fingerprint density at radius 1 is 1.07 bits per heavy atom. The molecule has 0 saturated carbocycles. The standard InChI is InChI=1S/C33H30BrN5O4.ClH/c1-20(36-2)31(40)37-27-19-39(32(41)25-9-5-4-8-22(25)17-35)29-11-7-6-10-28(29)38(33(27)42)18-26-24-14-13-23(34)16-21(24)12-15-30(26)43-3;/h4-16,20,27,36H,18-19H2,1-3H3,(H,37,40);1H/t20-,27-;/m0./s1. The van der Waals surface area contributed by atoms with Crippen molar-refractivity contribution in [3.05, 3.63) is 100 Å². The van der Waals surface area contributed by atoms with Crippen molar-refractivity contribution in [3.63, 3.8) is 0 Å². The molecule has 0 aromatic heterocycles. The lowest BCUT2D eigenvalue weighted by Gasteiger charge is -2.27. The molecule has 226 valence electrons. The average Bonchev–Trinajstić information content (AvgIpc) is 3.14. The number of likely N-dealkylation sites (N-methyl/N-ethyl adjacent to an activating group) is 1. The van der Waals surface area contributed by atoms with Gasteiger partial charge in [0.05, 0.1) is 54.8 Å². The van der Waals surface area contributed by atoms with Crippen LogP contribution in [0.3, 0.4) is 0 Å². The first-order valence-electron chi connectivity index (χ1n) is 13.7. The summed E-state index contributed by atoms with van der Waals surface area (Å²) in [5.74, 6) is -0.620. The predicted octanol–water partition coefficient (Wildman–Crippen LogP) is 5.19. The molecule has 1 aliphatic heterocycles. The number of carbonyl (C=O) groups is 3. The molecule has 0 spiro atoms. The SMILES string of the molecule is CN[C@@H](C)C(=O)N[C@H]1CN(C(=O)c2ccccc2C#N)c2ccccc2N(Cc2c(OC)ccc3cc(Br)ccc23)C1=O.Cl. The Hall–Kier alpha value is -4.43. The number of ether oxygens (including phenoxy) is 1. The lowest BCUT2D eigenvalue weighted by Crippen LogP contribution is -2.55. The number of methoxy groups -OCH3 is 1. The summed E-state index contributed by atoms with van der Waals surface area (Å²) in [5, 5.41) is 17.3. The Labute approximate surface area is 270 Å². The minimum absolute atomic E-state index is 0. The smallest absolute Gasteiger partial charge is 0.259 e. The van der Waals surface area contributed by atoms with E-state index in [4.69, 9.17) is 4.74 Å². The van der Waals surface area contributed by atoms with Gasteiger partial charge in [0.25, 0.3) is 11.8 Å². The van der Waals surface area contributed by atoms with Crippen molar-refractivity contribution in [3.8, 4) is 11.8 Å². The van der Waals surface area contributed by atoms with E-state index in [1.165, 1.54) is 4.90 Å². The highest BCUT2D eigenvalue weighted by molar-refractivity contribution is 9.10. The number of benzene rings is 4. The molecule has 5 rings (SSSR count). The van der Waals surface area contributed by atoms with Crippen molar-refractivity contribution in [2.24, 2.45) is 0 Å². The van der Waals surface area contributed by atoms with Crippen molar-refractivity contribution in [1.29, 1.82) is 5.26 Å². The second kappa shape index (κ2) is 13.9. The fourth-order valence-electron chi connectivity index (χ4n) is 5.25. The third kappa shape index (κ3) is 6.26. The number of para-hydroxylation sites is 2. The number of nitrogens with zero attached hydrogens (tertiary/aromatic N) is 3. The van der Waals surface area contributed by atoms with Crippen LogP contribution < -0.4 is 25.2 Å². The van der Waals surface area contributed by atoms with Gasteiger partial charge >= 0.3 is 0 Å².